The first-order valence-electron chi connectivity index (χ1n) is 8.10. The van der Waals surface area contributed by atoms with E-state index < -0.39 is 5.82 Å². The number of hydrogen-bond donors (Lipinski definition) is 0. The van der Waals surface area contributed by atoms with Gasteiger partial charge in [0.15, 0.2) is 5.78 Å². The van der Waals surface area contributed by atoms with E-state index in [1.165, 1.54) is 19.1 Å². The summed E-state index contributed by atoms with van der Waals surface area (Å²) >= 11 is 0. The molecule has 1 amide bonds. The van der Waals surface area contributed by atoms with E-state index in [4.69, 9.17) is 4.42 Å². The average molecular weight is 342 g/mol. The summed E-state index contributed by atoms with van der Waals surface area (Å²) in [7, 11) is 0. The summed E-state index contributed by atoms with van der Waals surface area (Å²) in [6.07, 6.45) is 4.67. The Balaban J connectivity index is 1.60. The number of rotatable bonds is 4. The topological polar surface area (TPSA) is 53.8 Å². The van der Waals surface area contributed by atoms with Gasteiger partial charge in [0.2, 0.25) is 5.91 Å². The van der Waals surface area contributed by atoms with Crippen molar-refractivity contribution in [3.8, 4) is 0 Å². The van der Waals surface area contributed by atoms with Crippen LogP contribution in [0.25, 0.3) is 6.08 Å². The smallest absolute Gasteiger partial charge is 0.246 e. The number of Topliss-reactive ketones (excluding diaryl/α,β-unsaturated/α-hetero) is 1. The molecule has 5 nitrogen and oxygen atoms in total. The van der Waals surface area contributed by atoms with Crippen LogP contribution in [0.15, 0.2) is 47.1 Å². The highest BCUT2D eigenvalue weighted by Crippen LogP contribution is 2.22. The zero-order valence-electron chi connectivity index (χ0n) is 13.9. The van der Waals surface area contributed by atoms with Gasteiger partial charge in [0.25, 0.3) is 0 Å². The molecule has 2 aromatic rings. The van der Waals surface area contributed by atoms with Crippen LogP contribution < -0.4 is 4.90 Å². The lowest BCUT2D eigenvalue weighted by atomic mass is 10.1. The molecule has 1 aromatic carbocycles. The normalized spacial score (nSPS) is 15.0. The summed E-state index contributed by atoms with van der Waals surface area (Å²) in [5, 5.41) is 0. The summed E-state index contributed by atoms with van der Waals surface area (Å²) in [5.74, 6) is -0.0440. The molecule has 25 heavy (non-hydrogen) atoms. The fraction of sp³-hybridized carbons (Fsp3) is 0.263. The van der Waals surface area contributed by atoms with E-state index in [1.807, 2.05) is 4.90 Å². The molecule has 0 bridgehead atoms. The van der Waals surface area contributed by atoms with Crippen molar-refractivity contribution in [3.05, 3.63) is 59.8 Å². The molecule has 6 heteroatoms. The first kappa shape index (κ1) is 17.0. The van der Waals surface area contributed by atoms with E-state index >= 15 is 0 Å². The van der Waals surface area contributed by atoms with Gasteiger partial charge in [0.05, 0.1) is 12.0 Å². The van der Waals surface area contributed by atoms with Crippen LogP contribution in [-0.2, 0) is 4.79 Å². The van der Waals surface area contributed by atoms with Crippen LogP contribution in [0.2, 0.25) is 0 Å². The summed E-state index contributed by atoms with van der Waals surface area (Å²) in [6.45, 7) is 3.51. The molecular weight excluding hydrogens is 323 g/mol. The lowest BCUT2D eigenvalue weighted by Crippen LogP contribution is -2.48. The number of benzene rings is 1. The molecule has 130 valence electrons. The van der Waals surface area contributed by atoms with E-state index in [-0.39, 0.29) is 11.7 Å². The SMILES string of the molecule is CC(=O)c1ccc(N2CCN(C(=O)/C=C/c3ccco3)CC2)c(F)c1. The summed E-state index contributed by atoms with van der Waals surface area (Å²) < 4.78 is 19.4. The van der Waals surface area contributed by atoms with Gasteiger partial charge in [-0.15, -0.1) is 0 Å². The predicted octanol–water partition coefficient (Wildman–Crippen LogP) is 2.98. The summed E-state index contributed by atoms with van der Waals surface area (Å²) in [5.41, 5.74) is 0.821. The van der Waals surface area contributed by atoms with Gasteiger partial charge in [-0.1, -0.05) is 0 Å². The summed E-state index contributed by atoms with van der Waals surface area (Å²) in [6, 6.07) is 8.05. The standard InChI is InChI=1S/C19H19FN2O3/c1-14(23)15-4-6-18(17(20)13-15)21-8-10-22(11-9-21)19(24)7-5-16-3-2-12-25-16/h2-7,12-13H,8-11H2,1H3/b7-5+. The third kappa shape index (κ3) is 3.96. The fourth-order valence-corrected chi connectivity index (χ4v) is 2.80. The largest absolute Gasteiger partial charge is 0.465 e. The molecule has 0 atom stereocenters. The van der Waals surface area contributed by atoms with Crippen molar-refractivity contribution in [1.29, 1.82) is 0 Å². The van der Waals surface area contributed by atoms with Gasteiger partial charge >= 0.3 is 0 Å². The third-order valence-corrected chi connectivity index (χ3v) is 4.22. The Kier molecular flexibility index (Phi) is 4.97. The molecule has 3 rings (SSSR count). The van der Waals surface area contributed by atoms with Gasteiger partial charge in [0, 0.05) is 37.8 Å². The van der Waals surface area contributed by atoms with Crippen molar-refractivity contribution in [3.63, 3.8) is 0 Å². The Morgan fingerprint density at radius 1 is 1.16 bits per heavy atom. The third-order valence-electron chi connectivity index (χ3n) is 4.22. The molecule has 0 saturated carbocycles. The number of anilines is 1. The van der Waals surface area contributed by atoms with E-state index in [1.54, 1.807) is 41.5 Å². The lowest BCUT2D eigenvalue weighted by molar-refractivity contribution is -0.126. The number of carbonyl (C=O) groups excluding carboxylic acids is 2. The number of carbonyl (C=O) groups is 2. The maximum atomic E-state index is 14.2. The van der Waals surface area contributed by atoms with Crippen LogP contribution in [0.1, 0.15) is 23.0 Å². The fourth-order valence-electron chi connectivity index (χ4n) is 2.80. The molecule has 0 aliphatic carbocycles. The number of piperazine rings is 1. The molecule has 1 aliphatic rings. The highest BCUT2D eigenvalue weighted by molar-refractivity contribution is 5.94. The maximum absolute atomic E-state index is 14.2. The van der Waals surface area contributed by atoms with Crippen molar-refractivity contribution in [2.45, 2.75) is 6.92 Å². The first-order valence-corrected chi connectivity index (χ1v) is 8.10. The molecule has 1 aliphatic heterocycles. The molecule has 0 N–H and O–H groups in total. The molecule has 1 saturated heterocycles. The van der Waals surface area contributed by atoms with Gasteiger partial charge in [-0.2, -0.15) is 0 Å². The van der Waals surface area contributed by atoms with Crippen molar-refractivity contribution in [1.82, 2.24) is 4.90 Å². The van der Waals surface area contributed by atoms with E-state index in [0.29, 0.717) is 43.2 Å². The van der Waals surface area contributed by atoms with Crippen LogP contribution in [0.5, 0.6) is 0 Å². The number of halogens is 1. The maximum Gasteiger partial charge on any atom is 0.246 e. The zero-order valence-corrected chi connectivity index (χ0v) is 13.9. The second-order valence-corrected chi connectivity index (χ2v) is 5.88. The van der Waals surface area contributed by atoms with Gasteiger partial charge in [-0.05, 0) is 43.3 Å². The Hall–Kier alpha value is -2.89. The van der Waals surface area contributed by atoms with E-state index in [9.17, 15) is 14.0 Å². The summed E-state index contributed by atoms with van der Waals surface area (Å²) in [4.78, 5) is 27.1. The average Bonchev–Trinajstić information content (AvgIpc) is 3.13. The monoisotopic (exact) mass is 342 g/mol. The molecule has 1 fully saturated rings. The van der Waals surface area contributed by atoms with Gasteiger partial charge in [-0.25, -0.2) is 4.39 Å². The highest BCUT2D eigenvalue weighted by atomic mass is 19.1. The Bertz CT molecular complexity index is 791. The minimum atomic E-state index is -0.412. The van der Waals surface area contributed by atoms with Crippen molar-refractivity contribution in [2.24, 2.45) is 0 Å². The van der Waals surface area contributed by atoms with Gasteiger partial charge in [0.1, 0.15) is 11.6 Å². The number of hydrogen-bond acceptors (Lipinski definition) is 4. The van der Waals surface area contributed by atoms with Crippen LogP contribution in [-0.4, -0.2) is 42.8 Å². The zero-order chi connectivity index (χ0) is 17.8. The first-order chi connectivity index (χ1) is 12.0. The van der Waals surface area contributed by atoms with Crippen LogP contribution in [0.4, 0.5) is 10.1 Å². The second kappa shape index (κ2) is 7.34. The molecule has 2 heterocycles. The minimum Gasteiger partial charge on any atom is -0.465 e. The second-order valence-electron chi connectivity index (χ2n) is 5.88. The number of amides is 1. The Morgan fingerprint density at radius 3 is 2.52 bits per heavy atom. The quantitative estimate of drug-likeness (QED) is 0.633. The van der Waals surface area contributed by atoms with Crippen molar-refractivity contribution in [2.75, 3.05) is 31.1 Å². The van der Waals surface area contributed by atoms with Crippen LogP contribution in [0, 0.1) is 5.82 Å². The lowest BCUT2D eigenvalue weighted by Gasteiger charge is -2.35. The van der Waals surface area contributed by atoms with Crippen molar-refractivity contribution >= 4 is 23.5 Å². The van der Waals surface area contributed by atoms with Crippen molar-refractivity contribution < 1.29 is 18.4 Å². The number of ketones is 1. The minimum absolute atomic E-state index is 0.0940. The molecule has 1 aromatic heterocycles. The highest BCUT2D eigenvalue weighted by Gasteiger charge is 2.22. The molecule has 0 spiro atoms. The molecule has 0 radical (unpaired) electrons. The predicted molar refractivity (Wildman–Crippen MR) is 92.9 cm³/mol. The van der Waals surface area contributed by atoms with Crippen LogP contribution >= 0.6 is 0 Å². The number of furan rings is 1. The number of nitrogens with zero attached hydrogens (tertiary/aromatic N) is 2. The van der Waals surface area contributed by atoms with Gasteiger partial charge in [-0.3, -0.25) is 9.59 Å². The molecule has 0 unspecified atom stereocenters. The van der Waals surface area contributed by atoms with E-state index in [2.05, 4.69) is 0 Å². The van der Waals surface area contributed by atoms with E-state index in [0.717, 1.165) is 0 Å². The Morgan fingerprint density at radius 2 is 1.92 bits per heavy atom. The van der Waals surface area contributed by atoms with Gasteiger partial charge < -0.3 is 14.2 Å². The Labute approximate surface area is 145 Å². The molecular formula is C19H19FN2O3. The van der Waals surface area contributed by atoms with Crippen LogP contribution in [0.3, 0.4) is 0 Å².